The lowest BCUT2D eigenvalue weighted by atomic mass is 9.96. The fraction of sp³-hybridized carbons (Fsp3) is 0.875. The summed E-state index contributed by atoms with van der Waals surface area (Å²) in [6.45, 7) is 2.66. The molecule has 1 radical (unpaired) electrons. The lowest BCUT2D eigenvalue weighted by molar-refractivity contribution is 0.0524. The lowest BCUT2D eigenvalue weighted by Gasteiger charge is -2.37. The van der Waals surface area contributed by atoms with E-state index in [2.05, 4.69) is 19.0 Å². The van der Waals surface area contributed by atoms with Crippen LogP contribution in [-0.2, 0) is 25.7 Å². The van der Waals surface area contributed by atoms with Crippen LogP contribution in [0, 0.1) is 5.41 Å². The van der Waals surface area contributed by atoms with E-state index in [4.69, 9.17) is 25.7 Å². The molecule has 1 aliphatic carbocycles. The van der Waals surface area contributed by atoms with Crippen molar-refractivity contribution in [1.29, 1.82) is 0 Å². The van der Waals surface area contributed by atoms with Gasteiger partial charge in [-0.25, -0.2) is 4.79 Å². The molecule has 3 aliphatic rings. The highest BCUT2D eigenvalue weighted by Gasteiger charge is 2.52. The Morgan fingerprint density at radius 3 is 2.50 bits per heavy atom. The van der Waals surface area contributed by atoms with Crippen LogP contribution in [0.3, 0.4) is 0 Å². The minimum atomic E-state index is -2.67. The normalized spacial score (nSPS) is 24.9. The second kappa shape index (κ2) is 10.2. The summed E-state index contributed by atoms with van der Waals surface area (Å²) in [5, 5.41) is 3.95. The average molecular weight is 486 g/mol. The molecule has 2 aliphatic heterocycles. The molecule has 2 heterocycles. The molecule has 1 saturated carbocycles. The number of carbonyl (C=O) groups is 1. The van der Waals surface area contributed by atoms with Crippen LogP contribution in [0.2, 0.25) is 0 Å². The summed E-state index contributed by atoms with van der Waals surface area (Å²) in [5.74, 6) is 1.99. The monoisotopic (exact) mass is 485 g/mol. The standard InChI is InChI=1S/C16H28N3O4PS4/c1-16(2)11-21-24(25,22-12-16)19(13-7-5-4-6-8-13)28-18(3)15(20)23-17-14-26-9-10-27-14/h13H,4-12H2,1-3H3/q+1. The molecule has 7 nitrogen and oxygen atoms in total. The van der Waals surface area contributed by atoms with Gasteiger partial charge in [0.2, 0.25) is 0 Å². The van der Waals surface area contributed by atoms with Crippen LogP contribution < -0.4 is 4.08 Å². The molecule has 12 heteroatoms. The third-order valence-corrected chi connectivity index (χ3v) is 11.9. The predicted molar refractivity (Wildman–Crippen MR) is 123 cm³/mol. The molecule has 0 aromatic rings. The summed E-state index contributed by atoms with van der Waals surface area (Å²) in [6, 6.07) is 0.230. The number of carbonyl (C=O) groups excluding carboxylic acids is 1. The zero-order valence-electron chi connectivity index (χ0n) is 16.5. The summed E-state index contributed by atoms with van der Waals surface area (Å²) >= 11 is 10.3. The van der Waals surface area contributed by atoms with E-state index >= 15 is 0 Å². The van der Waals surface area contributed by atoms with Gasteiger partial charge in [0.05, 0.1) is 13.2 Å². The van der Waals surface area contributed by atoms with Gasteiger partial charge in [-0.1, -0.05) is 48.9 Å². The Kier molecular flexibility index (Phi) is 8.46. The Morgan fingerprint density at radius 1 is 1.29 bits per heavy atom. The first kappa shape index (κ1) is 23.2. The van der Waals surface area contributed by atoms with Gasteiger partial charge in [0.25, 0.3) is 12.1 Å². The number of rotatable bonds is 5. The second-order valence-corrected chi connectivity index (χ2v) is 14.8. The summed E-state index contributed by atoms with van der Waals surface area (Å²) in [4.78, 5) is 17.5. The van der Waals surface area contributed by atoms with Crippen molar-refractivity contribution >= 4 is 64.6 Å². The Labute approximate surface area is 185 Å². The van der Waals surface area contributed by atoms with E-state index in [-0.39, 0.29) is 11.5 Å². The molecule has 0 unspecified atom stereocenters. The first-order valence-electron chi connectivity index (χ1n) is 9.44. The van der Waals surface area contributed by atoms with Crippen molar-refractivity contribution < 1.29 is 18.7 Å². The van der Waals surface area contributed by atoms with E-state index in [0.717, 1.165) is 41.6 Å². The first-order valence-corrected chi connectivity index (χ1v) is 14.7. The van der Waals surface area contributed by atoms with E-state index in [1.54, 1.807) is 30.6 Å². The predicted octanol–water partition coefficient (Wildman–Crippen LogP) is 5.14. The number of hydrogen-bond donors (Lipinski definition) is 0. The molecule has 0 aromatic heterocycles. The molecule has 3 rings (SSSR count). The van der Waals surface area contributed by atoms with Gasteiger partial charge in [-0.3, -0.25) is 13.9 Å². The number of amides is 1. The molecule has 0 N–H and O–H groups in total. The van der Waals surface area contributed by atoms with Crippen molar-refractivity contribution in [3.63, 3.8) is 0 Å². The van der Waals surface area contributed by atoms with Crippen LogP contribution in [0.25, 0.3) is 0 Å². The molecule has 1 amide bonds. The number of hydrogen-bond acceptors (Lipinski definition) is 9. The van der Waals surface area contributed by atoms with Crippen LogP contribution in [0.1, 0.15) is 46.0 Å². The van der Waals surface area contributed by atoms with Crippen molar-refractivity contribution in [1.82, 2.24) is 8.38 Å². The number of oxime groups is 1. The van der Waals surface area contributed by atoms with Gasteiger partial charge in [-0.05, 0) is 16.9 Å². The van der Waals surface area contributed by atoms with Crippen molar-refractivity contribution in [2.24, 2.45) is 10.6 Å². The largest absolute Gasteiger partial charge is 0.450 e. The SMILES string of the molecule is CN(S[N+](C1CCCCC1)P1(=S)OCC(C)(C)CO1)C(=O)ON=C1SCCS1. The van der Waals surface area contributed by atoms with Crippen LogP contribution in [-0.4, -0.2) is 52.6 Å². The average Bonchev–Trinajstić information content (AvgIpc) is 3.21. The Bertz CT molecular complexity index is 623. The topological polar surface area (TPSA) is 66.3 Å². The summed E-state index contributed by atoms with van der Waals surface area (Å²) in [6.07, 6.45) is 5.07. The van der Waals surface area contributed by atoms with Gasteiger partial charge in [0, 0.05) is 48.6 Å². The molecular weight excluding hydrogens is 457 g/mol. The number of thioether (sulfide) groups is 2. The van der Waals surface area contributed by atoms with Gasteiger partial charge >= 0.3 is 12.7 Å². The van der Waals surface area contributed by atoms with Gasteiger partial charge in [0.1, 0.15) is 0 Å². The molecule has 28 heavy (non-hydrogen) atoms. The summed E-state index contributed by atoms with van der Waals surface area (Å²) in [7, 11) is 1.67. The van der Waals surface area contributed by atoms with Crippen molar-refractivity contribution in [2.45, 2.75) is 52.0 Å². The maximum absolute atomic E-state index is 12.4. The van der Waals surface area contributed by atoms with Crippen LogP contribution in [0.15, 0.2) is 5.16 Å². The highest BCUT2D eigenvalue weighted by molar-refractivity contribution is 8.41. The van der Waals surface area contributed by atoms with Crippen molar-refractivity contribution in [3.8, 4) is 0 Å². The molecule has 0 bridgehead atoms. The van der Waals surface area contributed by atoms with E-state index in [9.17, 15) is 4.79 Å². The van der Waals surface area contributed by atoms with Crippen LogP contribution in [0.5, 0.6) is 0 Å². The quantitative estimate of drug-likeness (QED) is 0.230. The minimum absolute atomic E-state index is 0.0528. The van der Waals surface area contributed by atoms with E-state index in [1.807, 2.05) is 4.08 Å². The van der Waals surface area contributed by atoms with Gasteiger partial charge < -0.3 is 0 Å². The fourth-order valence-corrected chi connectivity index (χ4v) is 9.60. The smallest absolute Gasteiger partial charge is 0.295 e. The number of nitrogens with zero attached hydrogens (tertiary/aromatic N) is 3. The summed E-state index contributed by atoms with van der Waals surface area (Å²) < 4.78 is 16.5. The summed E-state index contributed by atoms with van der Waals surface area (Å²) in [5.41, 5.74) is -0.0528. The van der Waals surface area contributed by atoms with Crippen molar-refractivity contribution in [2.75, 3.05) is 31.8 Å². The van der Waals surface area contributed by atoms with Gasteiger partial charge in [-0.2, -0.15) is 4.31 Å². The Hall–Kier alpha value is 0.520. The zero-order chi connectivity index (χ0) is 20.2. The maximum atomic E-state index is 12.4. The second-order valence-electron chi connectivity index (χ2n) is 7.76. The molecule has 3 fully saturated rings. The Morgan fingerprint density at radius 2 is 1.89 bits per heavy atom. The van der Waals surface area contributed by atoms with E-state index < -0.39 is 12.7 Å². The zero-order valence-corrected chi connectivity index (χ0v) is 20.7. The molecule has 0 atom stereocenters. The maximum Gasteiger partial charge on any atom is 0.450 e. The first-order chi connectivity index (χ1) is 13.3. The lowest BCUT2D eigenvalue weighted by Crippen LogP contribution is -2.42. The Balaban J connectivity index is 1.67. The highest BCUT2D eigenvalue weighted by Crippen LogP contribution is 2.60. The van der Waals surface area contributed by atoms with E-state index in [0.29, 0.717) is 13.2 Å². The third kappa shape index (κ3) is 6.26. The fourth-order valence-electron chi connectivity index (χ4n) is 2.96. The molecule has 0 aromatic carbocycles. The molecule has 2 saturated heterocycles. The van der Waals surface area contributed by atoms with E-state index in [1.165, 1.54) is 22.9 Å². The van der Waals surface area contributed by atoms with Crippen LogP contribution >= 0.6 is 42.3 Å². The third-order valence-electron chi connectivity index (χ3n) is 4.56. The molecular formula is C16H28N3O4PS4+. The van der Waals surface area contributed by atoms with Gasteiger partial charge in [-0.15, -0.1) is 0 Å². The molecule has 0 spiro atoms. The van der Waals surface area contributed by atoms with Crippen molar-refractivity contribution in [3.05, 3.63) is 0 Å². The molecule has 159 valence electrons. The van der Waals surface area contributed by atoms with Gasteiger partial charge in [0.15, 0.2) is 10.4 Å². The minimum Gasteiger partial charge on any atom is -0.295 e. The highest BCUT2D eigenvalue weighted by atomic mass is 32.5. The van der Waals surface area contributed by atoms with Crippen LogP contribution in [0.4, 0.5) is 4.79 Å².